The average molecular weight is 793 g/mol. The molecule has 0 radical (unpaired) electrons. The van der Waals surface area contributed by atoms with Gasteiger partial charge in [0, 0.05) is 13.2 Å². The van der Waals surface area contributed by atoms with E-state index in [0.29, 0.717) is 39.6 Å². The summed E-state index contributed by atoms with van der Waals surface area (Å²) in [5.41, 5.74) is 4.37. The van der Waals surface area contributed by atoms with Crippen LogP contribution in [0.15, 0.2) is 121 Å². The third-order valence-corrected chi connectivity index (χ3v) is 11.2. The molecule has 1 fully saturated rings. The third kappa shape index (κ3) is 16.4. The van der Waals surface area contributed by atoms with Crippen molar-refractivity contribution in [2.45, 2.75) is 167 Å². The zero-order valence-electron chi connectivity index (χ0n) is 35.6. The van der Waals surface area contributed by atoms with Gasteiger partial charge in [0.2, 0.25) is 0 Å². The van der Waals surface area contributed by atoms with Gasteiger partial charge < -0.3 is 28.4 Å². The molecular formula is C52H72O6. The van der Waals surface area contributed by atoms with Gasteiger partial charge in [-0.15, -0.1) is 0 Å². The van der Waals surface area contributed by atoms with Crippen molar-refractivity contribution in [2.24, 2.45) is 0 Å². The van der Waals surface area contributed by atoms with Crippen LogP contribution in [-0.4, -0.2) is 49.8 Å². The topological polar surface area (TPSA) is 55.4 Å². The van der Waals surface area contributed by atoms with Gasteiger partial charge in [0.05, 0.1) is 26.4 Å². The lowest BCUT2D eigenvalue weighted by Gasteiger charge is -2.50. The standard InChI is InChI=1S/C52H72O6/c1-3-5-7-9-11-13-27-37-53-47-48(54-38-28-14-12-10-8-6-4-2)50(56-40-44-31-21-16-22-32-44)52(58-42-46-35-25-18-26-36-46)51(57-41-45-33-23-17-24-34-45)49(47)55-39-43-29-19-15-20-30-43/h15-26,29-36,47-52H,3-14,27-28,37-42H2,1-2H3/t47-,48+,49-,50-,51+,52+/m0/s1. The highest BCUT2D eigenvalue weighted by Gasteiger charge is 2.55. The summed E-state index contributed by atoms with van der Waals surface area (Å²) in [6, 6.07) is 41.5. The molecular weight excluding hydrogens is 721 g/mol. The second-order valence-corrected chi connectivity index (χ2v) is 16.0. The summed E-state index contributed by atoms with van der Waals surface area (Å²) >= 11 is 0. The van der Waals surface area contributed by atoms with Gasteiger partial charge in [0.25, 0.3) is 0 Å². The lowest BCUT2D eigenvalue weighted by Crippen LogP contribution is -2.67. The van der Waals surface area contributed by atoms with Gasteiger partial charge >= 0.3 is 0 Å². The SMILES string of the molecule is CCCCCCCCCO[C@@H]1[C@H](OCCCCCCCCC)[C@H](OCc2ccccc2)[C@@H](OCc2ccccc2)[C@H](OCc2ccccc2)[C@H]1OCc1ccccc1. The molecule has 6 nitrogen and oxygen atoms in total. The van der Waals surface area contributed by atoms with E-state index in [1.54, 1.807) is 0 Å². The maximum Gasteiger partial charge on any atom is 0.116 e. The Labute approximate surface area is 350 Å². The molecule has 1 saturated carbocycles. The van der Waals surface area contributed by atoms with E-state index in [4.69, 9.17) is 28.4 Å². The highest BCUT2D eigenvalue weighted by Crippen LogP contribution is 2.36. The zero-order valence-corrected chi connectivity index (χ0v) is 35.6. The second-order valence-electron chi connectivity index (χ2n) is 16.0. The molecule has 58 heavy (non-hydrogen) atoms. The van der Waals surface area contributed by atoms with Crippen LogP contribution in [0.1, 0.15) is 126 Å². The first-order valence-electron chi connectivity index (χ1n) is 22.6. The lowest BCUT2D eigenvalue weighted by atomic mass is 9.83. The summed E-state index contributed by atoms with van der Waals surface area (Å²) < 4.78 is 42.3. The van der Waals surface area contributed by atoms with Gasteiger partial charge in [-0.3, -0.25) is 0 Å². The van der Waals surface area contributed by atoms with E-state index in [1.807, 2.05) is 24.3 Å². The number of unbranched alkanes of at least 4 members (excludes halogenated alkanes) is 12. The van der Waals surface area contributed by atoms with Crippen molar-refractivity contribution < 1.29 is 28.4 Å². The van der Waals surface area contributed by atoms with Crippen molar-refractivity contribution in [2.75, 3.05) is 13.2 Å². The molecule has 0 saturated heterocycles. The maximum atomic E-state index is 7.06. The normalized spacial score (nSPS) is 20.7. The highest BCUT2D eigenvalue weighted by atomic mass is 16.6. The first-order valence-corrected chi connectivity index (χ1v) is 22.6. The number of hydrogen-bond donors (Lipinski definition) is 0. The van der Waals surface area contributed by atoms with Crippen LogP contribution >= 0.6 is 0 Å². The predicted octanol–water partition coefficient (Wildman–Crippen LogP) is 12.6. The monoisotopic (exact) mass is 793 g/mol. The molecule has 1 aliphatic carbocycles. The molecule has 0 spiro atoms. The Hall–Kier alpha value is -3.36. The highest BCUT2D eigenvalue weighted by molar-refractivity contribution is 5.17. The minimum Gasteiger partial charge on any atom is -0.373 e. The van der Waals surface area contributed by atoms with E-state index < -0.39 is 36.6 Å². The zero-order chi connectivity index (χ0) is 40.3. The molecule has 0 amide bonds. The van der Waals surface area contributed by atoms with Crippen LogP contribution in [0.3, 0.4) is 0 Å². The minimum absolute atomic E-state index is 0.404. The number of rotatable bonds is 30. The second kappa shape index (κ2) is 28.2. The van der Waals surface area contributed by atoms with Crippen molar-refractivity contribution in [3.8, 4) is 0 Å². The largest absolute Gasteiger partial charge is 0.373 e. The lowest BCUT2D eigenvalue weighted by molar-refractivity contribution is -0.289. The summed E-state index contributed by atoms with van der Waals surface area (Å²) in [7, 11) is 0. The van der Waals surface area contributed by atoms with Gasteiger partial charge in [-0.1, -0.05) is 212 Å². The van der Waals surface area contributed by atoms with Crippen LogP contribution < -0.4 is 0 Å². The molecule has 4 aromatic carbocycles. The fourth-order valence-corrected chi connectivity index (χ4v) is 7.88. The van der Waals surface area contributed by atoms with E-state index in [0.717, 1.165) is 47.9 Å². The van der Waals surface area contributed by atoms with E-state index in [-0.39, 0.29) is 0 Å². The molecule has 0 aliphatic heterocycles. The maximum absolute atomic E-state index is 7.06. The Bertz CT molecular complexity index is 1440. The van der Waals surface area contributed by atoms with Crippen LogP contribution in [0.2, 0.25) is 0 Å². The molecule has 316 valence electrons. The molecule has 6 atom stereocenters. The molecule has 5 rings (SSSR count). The molecule has 0 N–H and O–H groups in total. The Morgan fingerprint density at radius 3 is 0.759 bits per heavy atom. The summed E-state index contributed by atoms with van der Waals surface area (Å²) in [6.45, 7) is 7.42. The van der Waals surface area contributed by atoms with Crippen molar-refractivity contribution in [3.05, 3.63) is 144 Å². The summed E-state index contributed by atoms with van der Waals surface area (Å²) in [6.07, 6.45) is 14.1. The molecule has 0 unspecified atom stereocenters. The smallest absolute Gasteiger partial charge is 0.116 e. The summed E-state index contributed by atoms with van der Waals surface area (Å²) in [5.74, 6) is 0. The minimum atomic E-state index is -0.508. The van der Waals surface area contributed by atoms with Crippen molar-refractivity contribution >= 4 is 0 Å². The summed E-state index contributed by atoms with van der Waals surface area (Å²) in [4.78, 5) is 0. The first kappa shape index (κ1) is 45.7. The quantitative estimate of drug-likeness (QED) is 0.0490. The molecule has 6 heteroatoms. The van der Waals surface area contributed by atoms with Gasteiger partial charge in [0.15, 0.2) is 0 Å². The van der Waals surface area contributed by atoms with Gasteiger partial charge in [-0.2, -0.15) is 0 Å². The molecule has 4 aromatic rings. The van der Waals surface area contributed by atoms with Crippen LogP contribution in [0.4, 0.5) is 0 Å². The fraction of sp³-hybridized carbons (Fsp3) is 0.538. The van der Waals surface area contributed by atoms with Gasteiger partial charge in [0.1, 0.15) is 36.6 Å². The van der Waals surface area contributed by atoms with Gasteiger partial charge in [-0.25, -0.2) is 0 Å². The molecule has 0 bridgehead atoms. The Morgan fingerprint density at radius 1 is 0.276 bits per heavy atom. The van der Waals surface area contributed by atoms with E-state index >= 15 is 0 Å². The first-order chi connectivity index (χ1) is 28.8. The predicted molar refractivity (Wildman–Crippen MR) is 236 cm³/mol. The molecule has 0 aromatic heterocycles. The number of hydrogen-bond acceptors (Lipinski definition) is 6. The Morgan fingerprint density at radius 2 is 0.500 bits per heavy atom. The Kier molecular flexibility index (Phi) is 22.2. The van der Waals surface area contributed by atoms with Crippen LogP contribution in [0, 0.1) is 0 Å². The number of benzene rings is 4. The van der Waals surface area contributed by atoms with Crippen molar-refractivity contribution in [1.82, 2.24) is 0 Å². The number of ether oxygens (including phenoxy) is 6. The van der Waals surface area contributed by atoms with Crippen molar-refractivity contribution in [3.63, 3.8) is 0 Å². The van der Waals surface area contributed by atoms with Crippen LogP contribution in [0.25, 0.3) is 0 Å². The summed E-state index contributed by atoms with van der Waals surface area (Å²) in [5, 5.41) is 0. The van der Waals surface area contributed by atoms with E-state index in [9.17, 15) is 0 Å². The van der Waals surface area contributed by atoms with Crippen LogP contribution in [-0.2, 0) is 54.8 Å². The van der Waals surface area contributed by atoms with E-state index in [1.165, 1.54) is 64.2 Å². The van der Waals surface area contributed by atoms with Crippen molar-refractivity contribution in [1.29, 1.82) is 0 Å². The molecule has 1 aliphatic rings. The third-order valence-electron chi connectivity index (χ3n) is 11.2. The van der Waals surface area contributed by atoms with E-state index in [2.05, 4.69) is 111 Å². The molecule has 0 heterocycles. The van der Waals surface area contributed by atoms with Gasteiger partial charge in [-0.05, 0) is 35.1 Å². The Balaban J connectivity index is 1.48. The fourth-order valence-electron chi connectivity index (χ4n) is 7.88. The average Bonchev–Trinajstić information content (AvgIpc) is 3.27. The van der Waals surface area contributed by atoms with Crippen LogP contribution in [0.5, 0.6) is 0 Å².